The molecule has 0 saturated heterocycles. The first-order valence-corrected chi connectivity index (χ1v) is 8.91. The van der Waals surface area contributed by atoms with E-state index in [0.717, 1.165) is 30.9 Å². The summed E-state index contributed by atoms with van der Waals surface area (Å²) in [7, 11) is 0. The Morgan fingerprint density at radius 3 is 2.81 bits per heavy atom. The zero-order chi connectivity index (χ0) is 18.1. The molecule has 0 aliphatic carbocycles. The molecule has 134 valence electrons. The minimum atomic E-state index is -0.0223. The van der Waals surface area contributed by atoms with Crippen LogP contribution >= 0.6 is 0 Å². The zero-order valence-electron chi connectivity index (χ0n) is 14.6. The third kappa shape index (κ3) is 3.13. The van der Waals surface area contributed by atoms with E-state index in [2.05, 4.69) is 54.3 Å². The summed E-state index contributed by atoms with van der Waals surface area (Å²) in [6, 6.07) is 16.0. The molecule has 0 radical (unpaired) electrons. The molecule has 0 fully saturated rings. The summed E-state index contributed by atoms with van der Waals surface area (Å²) in [5.74, 6) is 1.11. The number of fused-ring (bicyclic) bond motifs is 1. The van der Waals surface area contributed by atoms with Crippen molar-refractivity contribution in [2.45, 2.75) is 25.6 Å². The third-order valence-electron chi connectivity index (χ3n) is 4.85. The molecule has 1 unspecified atom stereocenters. The van der Waals surface area contributed by atoms with Crippen LogP contribution in [-0.2, 0) is 19.5 Å². The SMILES string of the molecule is c1ccc(CN2Cc3[nH]cnc3CC2c2nc(-c3ccccn3)no2)cc1. The minimum absolute atomic E-state index is 0.0223. The molecule has 1 aliphatic rings. The van der Waals surface area contributed by atoms with Crippen LogP contribution in [-0.4, -0.2) is 30.0 Å². The Hall–Kier alpha value is -3.32. The maximum Gasteiger partial charge on any atom is 0.244 e. The molecule has 1 aliphatic heterocycles. The van der Waals surface area contributed by atoms with E-state index in [1.807, 2.05) is 24.3 Å². The number of hydrogen-bond acceptors (Lipinski definition) is 6. The third-order valence-corrected chi connectivity index (χ3v) is 4.85. The fourth-order valence-electron chi connectivity index (χ4n) is 3.48. The molecule has 1 atom stereocenters. The van der Waals surface area contributed by atoms with Crippen molar-refractivity contribution in [2.24, 2.45) is 0 Å². The van der Waals surface area contributed by atoms with Crippen LogP contribution in [0.15, 0.2) is 65.6 Å². The van der Waals surface area contributed by atoms with Crippen molar-refractivity contribution in [3.05, 3.63) is 83.9 Å². The van der Waals surface area contributed by atoms with E-state index in [0.29, 0.717) is 17.4 Å². The topological polar surface area (TPSA) is 83.7 Å². The Bertz CT molecular complexity index is 1030. The average molecular weight is 358 g/mol. The predicted octanol–water partition coefficient (Wildman–Crippen LogP) is 3.15. The molecule has 5 rings (SSSR count). The van der Waals surface area contributed by atoms with Crippen molar-refractivity contribution < 1.29 is 4.52 Å². The highest BCUT2D eigenvalue weighted by Gasteiger charge is 2.33. The molecule has 1 aromatic carbocycles. The predicted molar refractivity (Wildman–Crippen MR) is 98.3 cm³/mol. The van der Waals surface area contributed by atoms with Gasteiger partial charge >= 0.3 is 0 Å². The number of imidazole rings is 1. The lowest BCUT2D eigenvalue weighted by Crippen LogP contribution is -2.34. The van der Waals surface area contributed by atoms with Crippen LogP contribution in [0, 0.1) is 0 Å². The van der Waals surface area contributed by atoms with Crippen LogP contribution in [0.25, 0.3) is 11.5 Å². The number of aromatic amines is 1. The van der Waals surface area contributed by atoms with E-state index in [1.54, 1.807) is 12.5 Å². The van der Waals surface area contributed by atoms with Gasteiger partial charge in [0, 0.05) is 25.7 Å². The largest absolute Gasteiger partial charge is 0.347 e. The molecule has 27 heavy (non-hydrogen) atoms. The van der Waals surface area contributed by atoms with Crippen molar-refractivity contribution in [2.75, 3.05) is 0 Å². The summed E-state index contributed by atoms with van der Waals surface area (Å²) in [6.45, 7) is 1.56. The van der Waals surface area contributed by atoms with Gasteiger partial charge in [0.25, 0.3) is 0 Å². The number of pyridine rings is 1. The normalized spacial score (nSPS) is 17.0. The van der Waals surface area contributed by atoms with Crippen molar-refractivity contribution in [3.63, 3.8) is 0 Å². The number of hydrogen-bond donors (Lipinski definition) is 1. The van der Waals surface area contributed by atoms with E-state index in [1.165, 1.54) is 5.56 Å². The van der Waals surface area contributed by atoms with Crippen LogP contribution in [0.5, 0.6) is 0 Å². The van der Waals surface area contributed by atoms with Gasteiger partial charge in [0.2, 0.25) is 11.7 Å². The average Bonchev–Trinajstić information content (AvgIpc) is 3.38. The van der Waals surface area contributed by atoms with Gasteiger partial charge in [-0.15, -0.1) is 0 Å². The van der Waals surface area contributed by atoms with E-state index in [-0.39, 0.29) is 6.04 Å². The molecule has 0 saturated carbocycles. The van der Waals surface area contributed by atoms with Crippen LogP contribution in [0.4, 0.5) is 0 Å². The Kier molecular flexibility index (Phi) is 3.99. The zero-order valence-corrected chi connectivity index (χ0v) is 14.6. The number of benzene rings is 1. The van der Waals surface area contributed by atoms with Gasteiger partial charge in [-0.3, -0.25) is 9.88 Å². The molecule has 4 aromatic rings. The van der Waals surface area contributed by atoms with Gasteiger partial charge in [0.1, 0.15) is 5.69 Å². The van der Waals surface area contributed by atoms with Crippen LogP contribution in [0.3, 0.4) is 0 Å². The Labute approximate surface area is 156 Å². The Balaban J connectivity index is 1.47. The molecule has 7 heteroatoms. The number of rotatable bonds is 4. The summed E-state index contributed by atoms with van der Waals surface area (Å²) in [5.41, 5.74) is 4.15. The molecule has 1 N–H and O–H groups in total. The van der Waals surface area contributed by atoms with Crippen LogP contribution in [0.1, 0.15) is 28.9 Å². The Morgan fingerprint density at radius 1 is 1.07 bits per heavy atom. The van der Waals surface area contributed by atoms with Gasteiger partial charge < -0.3 is 9.51 Å². The van der Waals surface area contributed by atoms with Crippen LogP contribution in [0.2, 0.25) is 0 Å². The van der Waals surface area contributed by atoms with Gasteiger partial charge in [-0.1, -0.05) is 41.6 Å². The molecule has 0 spiro atoms. The quantitative estimate of drug-likeness (QED) is 0.603. The second kappa shape index (κ2) is 6.77. The van der Waals surface area contributed by atoms with Crippen molar-refractivity contribution in [1.29, 1.82) is 0 Å². The van der Waals surface area contributed by atoms with Crippen molar-refractivity contribution in [3.8, 4) is 11.5 Å². The highest BCUT2D eigenvalue weighted by atomic mass is 16.5. The molecule has 7 nitrogen and oxygen atoms in total. The summed E-state index contributed by atoms with van der Waals surface area (Å²) >= 11 is 0. The van der Waals surface area contributed by atoms with E-state index in [9.17, 15) is 0 Å². The number of H-pyrrole nitrogens is 1. The smallest absolute Gasteiger partial charge is 0.244 e. The molecular formula is C20H18N6O. The van der Waals surface area contributed by atoms with Crippen molar-refractivity contribution in [1.82, 2.24) is 30.0 Å². The van der Waals surface area contributed by atoms with E-state index < -0.39 is 0 Å². The summed E-state index contributed by atoms with van der Waals surface area (Å²) < 4.78 is 5.64. The standard InChI is InChI=1S/C20H18N6O/c1-2-6-14(7-3-1)11-26-12-17-16(22-13-23-17)10-18(26)20-24-19(25-27-20)15-8-4-5-9-21-15/h1-9,13,18H,10-12H2,(H,22,23). The molecule has 0 amide bonds. The highest BCUT2D eigenvalue weighted by molar-refractivity contribution is 5.47. The minimum Gasteiger partial charge on any atom is -0.347 e. The van der Waals surface area contributed by atoms with E-state index >= 15 is 0 Å². The number of aromatic nitrogens is 5. The molecule has 0 bridgehead atoms. The first-order chi connectivity index (χ1) is 13.4. The fourth-order valence-corrected chi connectivity index (χ4v) is 3.48. The lowest BCUT2D eigenvalue weighted by Gasteiger charge is -2.32. The lowest BCUT2D eigenvalue weighted by molar-refractivity contribution is 0.128. The second-order valence-electron chi connectivity index (χ2n) is 6.61. The van der Waals surface area contributed by atoms with Gasteiger partial charge in [-0.05, 0) is 17.7 Å². The maximum atomic E-state index is 5.64. The summed E-state index contributed by atoms with van der Waals surface area (Å²) in [5, 5.41) is 4.14. The second-order valence-corrected chi connectivity index (χ2v) is 6.61. The molecular weight excluding hydrogens is 340 g/mol. The van der Waals surface area contributed by atoms with Gasteiger partial charge in [0.15, 0.2) is 0 Å². The van der Waals surface area contributed by atoms with E-state index in [4.69, 9.17) is 4.52 Å². The Morgan fingerprint density at radius 2 is 1.96 bits per heavy atom. The first kappa shape index (κ1) is 15.9. The lowest BCUT2D eigenvalue weighted by atomic mass is 10.0. The van der Waals surface area contributed by atoms with Gasteiger partial charge in [0.05, 0.1) is 23.8 Å². The van der Waals surface area contributed by atoms with Crippen LogP contribution < -0.4 is 0 Å². The van der Waals surface area contributed by atoms with Gasteiger partial charge in [-0.25, -0.2) is 4.98 Å². The number of nitrogens with one attached hydrogen (secondary N) is 1. The molecule has 3 aromatic heterocycles. The fraction of sp³-hybridized carbons (Fsp3) is 0.200. The number of nitrogens with zero attached hydrogens (tertiary/aromatic N) is 5. The van der Waals surface area contributed by atoms with Gasteiger partial charge in [-0.2, -0.15) is 4.98 Å². The maximum absolute atomic E-state index is 5.64. The summed E-state index contributed by atoms with van der Waals surface area (Å²) in [6.07, 6.45) is 4.21. The summed E-state index contributed by atoms with van der Waals surface area (Å²) in [4.78, 5) is 19.0. The molecule has 4 heterocycles. The first-order valence-electron chi connectivity index (χ1n) is 8.91. The monoisotopic (exact) mass is 358 g/mol. The van der Waals surface area contributed by atoms with Crippen molar-refractivity contribution >= 4 is 0 Å². The highest BCUT2D eigenvalue weighted by Crippen LogP contribution is 2.33.